The Labute approximate surface area is 94.8 Å². The lowest BCUT2D eigenvalue weighted by Crippen LogP contribution is -2.47. The first-order chi connectivity index (χ1) is 6.97. The summed E-state index contributed by atoms with van der Waals surface area (Å²) >= 11 is 5.93. The highest BCUT2D eigenvalue weighted by Crippen LogP contribution is 2.21. The highest BCUT2D eigenvalue weighted by molar-refractivity contribution is 6.33. The van der Waals surface area contributed by atoms with Crippen molar-refractivity contribution in [2.24, 2.45) is 0 Å². The van der Waals surface area contributed by atoms with Crippen LogP contribution in [0.2, 0.25) is 5.02 Å². The smallest absolute Gasteiger partial charge is 0.244 e. The summed E-state index contributed by atoms with van der Waals surface area (Å²) in [5.74, 6) is -0.113. The van der Waals surface area contributed by atoms with Gasteiger partial charge in [0.2, 0.25) is 5.91 Å². The first kappa shape index (κ1) is 12.0. The van der Waals surface area contributed by atoms with Gasteiger partial charge in [-0.05, 0) is 33.0 Å². The molecule has 0 aliphatic rings. The molecule has 1 aromatic rings. The number of halogens is 1. The van der Waals surface area contributed by atoms with Gasteiger partial charge >= 0.3 is 0 Å². The van der Waals surface area contributed by atoms with Crippen LogP contribution in [-0.4, -0.2) is 18.5 Å². The molecule has 0 aliphatic heterocycles. The number of hydrogen-bond acceptors (Lipinski definition) is 2. The predicted octanol–water partition coefficient (Wildman–Crippen LogP) is 2.28. The van der Waals surface area contributed by atoms with Gasteiger partial charge in [-0.2, -0.15) is 0 Å². The summed E-state index contributed by atoms with van der Waals surface area (Å²) in [5.41, 5.74) is 0.0200. The summed E-state index contributed by atoms with van der Waals surface area (Å²) in [7, 11) is 1.74. The van der Waals surface area contributed by atoms with E-state index in [-0.39, 0.29) is 5.91 Å². The molecule has 0 saturated heterocycles. The van der Waals surface area contributed by atoms with Gasteiger partial charge in [-0.15, -0.1) is 0 Å². The fourth-order valence-corrected chi connectivity index (χ4v) is 1.14. The van der Waals surface area contributed by atoms with Crippen molar-refractivity contribution in [1.29, 1.82) is 0 Å². The number of anilines is 1. The van der Waals surface area contributed by atoms with Crippen LogP contribution in [0.4, 0.5) is 5.69 Å². The minimum Gasteiger partial charge on any atom is -0.323 e. The molecule has 1 amide bonds. The fourth-order valence-electron chi connectivity index (χ4n) is 0.955. The van der Waals surface area contributed by atoms with E-state index in [1.165, 1.54) is 0 Å². The van der Waals surface area contributed by atoms with Gasteiger partial charge in [0.05, 0.1) is 16.2 Å². The Balaban J connectivity index is 2.80. The average molecular weight is 227 g/mol. The van der Waals surface area contributed by atoms with Crippen molar-refractivity contribution in [1.82, 2.24) is 5.32 Å². The number of para-hydroxylation sites is 1. The van der Waals surface area contributed by atoms with Gasteiger partial charge in [0, 0.05) is 0 Å². The van der Waals surface area contributed by atoms with Crippen molar-refractivity contribution in [3.05, 3.63) is 29.3 Å². The van der Waals surface area contributed by atoms with E-state index in [0.29, 0.717) is 10.7 Å². The molecule has 15 heavy (non-hydrogen) atoms. The van der Waals surface area contributed by atoms with Crippen LogP contribution in [0, 0.1) is 0 Å². The second-order valence-corrected chi connectivity index (χ2v) is 4.22. The van der Waals surface area contributed by atoms with Crippen molar-refractivity contribution in [3.8, 4) is 0 Å². The quantitative estimate of drug-likeness (QED) is 0.830. The van der Waals surface area contributed by atoms with Crippen LogP contribution >= 0.6 is 11.6 Å². The molecule has 4 heteroatoms. The van der Waals surface area contributed by atoms with E-state index in [4.69, 9.17) is 11.6 Å². The number of nitrogens with one attached hydrogen (secondary N) is 2. The Morgan fingerprint density at radius 1 is 1.33 bits per heavy atom. The lowest BCUT2D eigenvalue weighted by atomic mass is 10.1. The Bertz CT molecular complexity index is 363. The Hall–Kier alpha value is -1.06. The minimum atomic E-state index is -0.612. The Morgan fingerprint density at radius 3 is 2.47 bits per heavy atom. The molecule has 1 rings (SSSR count). The van der Waals surface area contributed by atoms with E-state index >= 15 is 0 Å². The molecule has 2 N–H and O–H groups in total. The fraction of sp³-hybridized carbons (Fsp3) is 0.364. The first-order valence-corrected chi connectivity index (χ1v) is 5.10. The van der Waals surface area contributed by atoms with Gasteiger partial charge in [-0.25, -0.2) is 0 Å². The molecule has 0 aliphatic carbocycles. The maximum absolute atomic E-state index is 11.8. The zero-order valence-corrected chi connectivity index (χ0v) is 9.85. The van der Waals surface area contributed by atoms with Crippen LogP contribution in [-0.2, 0) is 4.79 Å². The third-order valence-electron chi connectivity index (χ3n) is 2.31. The number of amides is 1. The summed E-state index contributed by atoms with van der Waals surface area (Å²) < 4.78 is 0. The van der Waals surface area contributed by atoms with Gasteiger partial charge in [-0.1, -0.05) is 23.7 Å². The zero-order valence-electron chi connectivity index (χ0n) is 9.10. The average Bonchev–Trinajstić information content (AvgIpc) is 2.21. The molecular formula is C11H15ClN2O. The molecule has 0 atom stereocenters. The molecule has 0 saturated carbocycles. The molecule has 0 radical (unpaired) electrons. The third-order valence-corrected chi connectivity index (χ3v) is 2.64. The van der Waals surface area contributed by atoms with Gasteiger partial charge in [-0.3, -0.25) is 4.79 Å². The van der Waals surface area contributed by atoms with E-state index in [1.54, 1.807) is 33.0 Å². The highest BCUT2D eigenvalue weighted by Gasteiger charge is 2.25. The molecule has 0 spiro atoms. The number of hydrogen-bond donors (Lipinski definition) is 2. The molecule has 0 fully saturated rings. The molecule has 0 heterocycles. The van der Waals surface area contributed by atoms with Crippen molar-refractivity contribution >= 4 is 23.2 Å². The molecule has 3 nitrogen and oxygen atoms in total. The van der Waals surface area contributed by atoms with Gasteiger partial charge in [0.1, 0.15) is 0 Å². The molecule has 0 unspecified atom stereocenters. The molecule has 82 valence electrons. The summed E-state index contributed by atoms with van der Waals surface area (Å²) in [6.07, 6.45) is 0. The second kappa shape index (κ2) is 4.64. The summed E-state index contributed by atoms with van der Waals surface area (Å²) in [5, 5.41) is 6.23. The van der Waals surface area contributed by atoms with Crippen LogP contribution < -0.4 is 10.6 Å². The zero-order chi connectivity index (χ0) is 11.5. The standard InChI is InChI=1S/C11H15ClN2O/c1-11(2,13-3)10(15)14-9-7-5-4-6-8(9)12/h4-7,13H,1-3H3,(H,14,15). The predicted molar refractivity (Wildman–Crippen MR) is 63.2 cm³/mol. The van der Waals surface area contributed by atoms with Crippen molar-refractivity contribution in [3.63, 3.8) is 0 Å². The number of carbonyl (C=O) groups is 1. The largest absolute Gasteiger partial charge is 0.323 e. The highest BCUT2D eigenvalue weighted by atomic mass is 35.5. The lowest BCUT2D eigenvalue weighted by molar-refractivity contribution is -0.121. The number of likely N-dealkylation sites (N-methyl/N-ethyl adjacent to an activating group) is 1. The lowest BCUT2D eigenvalue weighted by Gasteiger charge is -2.22. The summed E-state index contributed by atoms with van der Waals surface area (Å²) in [6.45, 7) is 3.61. The summed E-state index contributed by atoms with van der Waals surface area (Å²) in [4.78, 5) is 11.8. The van der Waals surface area contributed by atoms with Crippen LogP contribution in [0.15, 0.2) is 24.3 Å². The number of rotatable bonds is 3. The van der Waals surface area contributed by atoms with Crippen molar-refractivity contribution in [2.75, 3.05) is 12.4 Å². The van der Waals surface area contributed by atoms with Crippen molar-refractivity contribution < 1.29 is 4.79 Å². The van der Waals surface area contributed by atoms with E-state index in [1.807, 2.05) is 12.1 Å². The van der Waals surface area contributed by atoms with Crippen LogP contribution in [0.3, 0.4) is 0 Å². The summed E-state index contributed by atoms with van der Waals surface area (Å²) in [6, 6.07) is 7.16. The van der Waals surface area contributed by atoms with Gasteiger partial charge in [0.15, 0.2) is 0 Å². The first-order valence-electron chi connectivity index (χ1n) is 4.72. The molecular weight excluding hydrogens is 212 g/mol. The minimum absolute atomic E-state index is 0.113. The van der Waals surface area contributed by atoms with Crippen LogP contribution in [0.1, 0.15) is 13.8 Å². The topological polar surface area (TPSA) is 41.1 Å². The SMILES string of the molecule is CNC(C)(C)C(=O)Nc1ccccc1Cl. The van der Waals surface area contributed by atoms with E-state index in [9.17, 15) is 4.79 Å². The normalized spacial score (nSPS) is 11.2. The monoisotopic (exact) mass is 226 g/mol. The molecule has 0 aromatic heterocycles. The van der Waals surface area contributed by atoms with Crippen LogP contribution in [0.25, 0.3) is 0 Å². The third kappa shape index (κ3) is 2.94. The Kier molecular flexibility index (Phi) is 3.72. The van der Waals surface area contributed by atoms with E-state index in [2.05, 4.69) is 10.6 Å². The maximum Gasteiger partial charge on any atom is 0.244 e. The van der Waals surface area contributed by atoms with E-state index in [0.717, 1.165) is 0 Å². The maximum atomic E-state index is 11.8. The Morgan fingerprint density at radius 2 is 1.93 bits per heavy atom. The van der Waals surface area contributed by atoms with E-state index < -0.39 is 5.54 Å². The van der Waals surface area contributed by atoms with Gasteiger partial charge < -0.3 is 10.6 Å². The molecule has 1 aromatic carbocycles. The second-order valence-electron chi connectivity index (χ2n) is 3.81. The van der Waals surface area contributed by atoms with Crippen molar-refractivity contribution in [2.45, 2.75) is 19.4 Å². The number of carbonyl (C=O) groups excluding carboxylic acids is 1. The molecule has 0 bridgehead atoms. The van der Waals surface area contributed by atoms with Crippen LogP contribution in [0.5, 0.6) is 0 Å². The van der Waals surface area contributed by atoms with Gasteiger partial charge in [0.25, 0.3) is 0 Å². The number of benzene rings is 1.